The van der Waals surface area contributed by atoms with E-state index in [2.05, 4.69) is 0 Å². The first kappa shape index (κ1) is 22.2. The zero-order chi connectivity index (χ0) is 21.4. The van der Waals surface area contributed by atoms with Gasteiger partial charge in [0, 0.05) is 5.56 Å². The first-order chi connectivity index (χ1) is 12.7. The van der Waals surface area contributed by atoms with Crippen molar-refractivity contribution in [2.45, 2.75) is 37.6 Å². The van der Waals surface area contributed by atoms with Gasteiger partial charge in [0.25, 0.3) is 0 Å². The highest BCUT2D eigenvalue weighted by molar-refractivity contribution is 6.70. The van der Waals surface area contributed by atoms with Crippen LogP contribution in [0.4, 0.5) is 26.3 Å². The van der Waals surface area contributed by atoms with Crippen molar-refractivity contribution in [1.29, 1.82) is 0 Å². The van der Waals surface area contributed by atoms with Gasteiger partial charge in [0.1, 0.15) is 0 Å². The molecule has 0 fully saturated rings. The minimum absolute atomic E-state index is 0.252. The molecule has 0 N–H and O–H groups in total. The van der Waals surface area contributed by atoms with E-state index in [0.717, 1.165) is 0 Å². The molecule has 0 saturated heterocycles. The minimum Gasteiger partial charge on any atom is -0.395 e. The fourth-order valence-corrected chi connectivity index (χ4v) is 3.98. The topological polar surface area (TPSA) is 26.3 Å². The molecule has 0 saturated carbocycles. The van der Waals surface area contributed by atoms with Gasteiger partial charge in [0.05, 0.1) is 5.56 Å². The molecule has 9 heteroatoms. The summed E-state index contributed by atoms with van der Waals surface area (Å²) in [5.41, 5.74) is -5.46. The van der Waals surface area contributed by atoms with Crippen LogP contribution in [0.2, 0.25) is 19.6 Å². The van der Waals surface area contributed by atoms with E-state index < -0.39 is 43.2 Å². The van der Waals surface area contributed by atoms with Crippen LogP contribution in [0.1, 0.15) is 21.5 Å². The number of carbonyl (C=O) groups excluding carboxylic acids is 1. The summed E-state index contributed by atoms with van der Waals surface area (Å²) in [5, 5.41) is 0. The molecule has 0 spiro atoms. The molecule has 0 heterocycles. The Morgan fingerprint density at radius 3 is 1.64 bits per heavy atom. The van der Waals surface area contributed by atoms with Crippen LogP contribution in [0.25, 0.3) is 0 Å². The third kappa shape index (κ3) is 4.47. The molecule has 2 aromatic rings. The monoisotopic (exact) mass is 420 g/mol. The van der Waals surface area contributed by atoms with E-state index in [4.69, 9.17) is 4.43 Å². The van der Waals surface area contributed by atoms with E-state index in [9.17, 15) is 31.1 Å². The number of Topliss-reactive ketones (excluding diaryl/α,β-unsaturated/α-hetero) is 1. The maximum absolute atomic E-state index is 14.3. The molecule has 2 rings (SSSR count). The lowest BCUT2D eigenvalue weighted by molar-refractivity contribution is -0.235. The first-order valence-electron chi connectivity index (χ1n) is 8.23. The Labute approximate surface area is 159 Å². The van der Waals surface area contributed by atoms with Crippen molar-refractivity contribution in [1.82, 2.24) is 0 Å². The molecule has 0 aromatic heterocycles. The second kappa shape index (κ2) is 7.36. The number of hydrogen-bond donors (Lipinski definition) is 0. The summed E-state index contributed by atoms with van der Waals surface area (Å²) >= 11 is 0. The lowest BCUT2D eigenvalue weighted by Gasteiger charge is -2.39. The van der Waals surface area contributed by atoms with E-state index >= 15 is 0 Å². The molecule has 0 aliphatic heterocycles. The summed E-state index contributed by atoms with van der Waals surface area (Å²) in [7, 11) is -2.99. The fourth-order valence-electron chi connectivity index (χ4n) is 2.73. The highest BCUT2D eigenvalue weighted by Crippen LogP contribution is 2.47. The maximum Gasteiger partial charge on any atom is 0.428 e. The van der Waals surface area contributed by atoms with Crippen LogP contribution in [-0.4, -0.2) is 20.3 Å². The largest absolute Gasteiger partial charge is 0.428 e. The van der Waals surface area contributed by atoms with Crippen LogP contribution in [0.15, 0.2) is 54.6 Å². The summed E-state index contributed by atoms with van der Waals surface area (Å²) < 4.78 is 86.8. The molecule has 0 aliphatic carbocycles. The molecule has 2 nitrogen and oxygen atoms in total. The van der Waals surface area contributed by atoms with Crippen LogP contribution in [0, 0.1) is 0 Å². The van der Waals surface area contributed by atoms with Gasteiger partial charge in [-0.3, -0.25) is 4.79 Å². The average Bonchev–Trinajstić information content (AvgIpc) is 2.57. The number of carbonyl (C=O) groups is 1. The minimum atomic E-state index is -5.19. The summed E-state index contributed by atoms with van der Waals surface area (Å²) in [6.07, 6.45) is -9.91. The predicted molar refractivity (Wildman–Crippen MR) is 94.4 cm³/mol. The number of halogens is 6. The van der Waals surface area contributed by atoms with E-state index in [1.165, 1.54) is 50.0 Å². The number of rotatable bonds is 5. The van der Waals surface area contributed by atoms with Gasteiger partial charge >= 0.3 is 12.4 Å². The third-order valence-corrected chi connectivity index (χ3v) is 4.75. The van der Waals surface area contributed by atoms with E-state index in [1.54, 1.807) is 0 Å². The number of alkyl halides is 6. The van der Waals surface area contributed by atoms with Gasteiger partial charge in [-0.1, -0.05) is 42.5 Å². The number of hydrogen-bond acceptors (Lipinski definition) is 2. The molecular formula is C19H18F6O2Si. The van der Waals surface area contributed by atoms with E-state index in [0.29, 0.717) is 24.3 Å². The second-order valence-corrected chi connectivity index (χ2v) is 11.6. The molecule has 0 amide bonds. The second-order valence-electron chi connectivity index (χ2n) is 7.16. The van der Waals surface area contributed by atoms with Crippen LogP contribution in [-0.2, 0) is 16.2 Å². The molecule has 28 heavy (non-hydrogen) atoms. The van der Waals surface area contributed by atoms with Crippen molar-refractivity contribution in [2.24, 2.45) is 0 Å². The lowest BCUT2D eigenvalue weighted by atomic mass is 9.85. The van der Waals surface area contributed by atoms with Crippen LogP contribution in [0.5, 0.6) is 0 Å². The standard InChI is InChI=1S/C19H18F6O2Si/c1-28(2,3)27-17(19(23,24)25,16(26)13-7-5-4-6-8-13)14-9-11-15(12-10-14)18(20,21)22/h4-12H,1-3H3. The van der Waals surface area contributed by atoms with Gasteiger partial charge in [-0.05, 0) is 37.3 Å². The van der Waals surface area contributed by atoms with Crippen LogP contribution >= 0.6 is 0 Å². The van der Waals surface area contributed by atoms with Crippen molar-refractivity contribution in [3.05, 3.63) is 71.3 Å². The normalized spacial score (nSPS) is 15.2. The summed E-state index contributed by atoms with van der Waals surface area (Å²) in [6, 6.07) is 9.08. The van der Waals surface area contributed by atoms with Crippen molar-refractivity contribution in [3.8, 4) is 0 Å². The van der Waals surface area contributed by atoms with E-state index in [-0.39, 0.29) is 5.56 Å². The van der Waals surface area contributed by atoms with Crippen molar-refractivity contribution in [3.63, 3.8) is 0 Å². The van der Waals surface area contributed by atoms with Gasteiger partial charge in [-0.15, -0.1) is 0 Å². The lowest BCUT2D eigenvalue weighted by Crippen LogP contribution is -2.56. The zero-order valence-corrected chi connectivity index (χ0v) is 16.3. The zero-order valence-electron chi connectivity index (χ0n) is 15.3. The van der Waals surface area contributed by atoms with Gasteiger partial charge in [0.2, 0.25) is 11.4 Å². The van der Waals surface area contributed by atoms with Gasteiger partial charge in [-0.2, -0.15) is 26.3 Å². The predicted octanol–water partition coefficient (Wildman–Crippen LogP) is 6.20. The molecule has 0 aliphatic rings. The summed E-state index contributed by atoms with van der Waals surface area (Å²) in [4.78, 5) is 13.0. The molecule has 2 aromatic carbocycles. The highest BCUT2D eigenvalue weighted by Gasteiger charge is 2.64. The smallest absolute Gasteiger partial charge is 0.395 e. The summed E-state index contributed by atoms with van der Waals surface area (Å²) in [6.45, 7) is 4.40. The van der Waals surface area contributed by atoms with Crippen LogP contribution < -0.4 is 0 Å². The SMILES string of the molecule is C[Si](C)(C)OC(C(=O)c1ccccc1)(c1ccc(C(F)(F)F)cc1)C(F)(F)F. The fraction of sp³-hybridized carbons (Fsp3) is 0.316. The Morgan fingerprint density at radius 2 is 1.25 bits per heavy atom. The Kier molecular flexibility index (Phi) is 5.83. The Morgan fingerprint density at radius 1 is 0.786 bits per heavy atom. The van der Waals surface area contributed by atoms with Gasteiger partial charge in [-0.25, -0.2) is 0 Å². The van der Waals surface area contributed by atoms with Crippen LogP contribution in [0.3, 0.4) is 0 Å². The number of ketones is 1. The summed E-state index contributed by atoms with van der Waals surface area (Å²) in [5.74, 6) is -1.37. The Bertz CT molecular complexity index is 823. The molecular weight excluding hydrogens is 402 g/mol. The van der Waals surface area contributed by atoms with Crippen molar-refractivity contribution in [2.75, 3.05) is 0 Å². The molecule has 152 valence electrons. The number of benzene rings is 2. The first-order valence-corrected chi connectivity index (χ1v) is 11.6. The van der Waals surface area contributed by atoms with Crippen molar-refractivity contribution >= 4 is 14.1 Å². The molecule has 1 unspecified atom stereocenters. The third-order valence-electron chi connectivity index (χ3n) is 3.83. The maximum atomic E-state index is 14.3. The molecule has 0 bridgehead atoms. The molecule has 1 atom stereocenters. The Hall–Kier alpha value is -2.13. The van der Waals surface area contributed by atoms with Gasteiger partial charge < -0.3 is 4.43 Å². The van der Waals surface area contributed by atoms with E-state index in [1.807, 2.05) is 0 Å². The quantitative estimate of drug-likeness (QED) is 0.327. The highest BCUT2D eigenvalue weighted by atomic mass is 28.4. The molecule has 0 radical (unpaired) electrons. The Balaban J connectivity index is 2.75. The van der Waals surface area contributed by atoms with Crippen molar-refractivity contribution < 1.29 is 35.6 Å². The van der Waals surface area contributed by atoms with Gasteiger partial charge in [0.15, 0.2) is 8.32 Å². The average molecular weight is 420 g/mol.